The van der Waals surface area contributed by atoms with Gasteiger partial charge in [-0.2, -0.15) is 0 Å². The van der Waals surface area contributed by atoms with Crippen molar-refractivity contribution in [1.82, 2.24) is 0 Å². The van der Waals surface area contributed by atoms with Crippen LogP contribution in [0.4, 0.5) is 4.39 Å². The van der Waals surface area contributed by atoms with E-state index in [1.165, 1.54) is 6.07 Å². The van der Waals surface area contributed by atoms with Gasteiger partial charge in [0, 0.05) is 18.6 Å². The number of aliphatic hydroxyl groups excluding tert-OH is 1. The molecule has 2 nitrogen and oxygen atoms in total. The number of hydrogen-bond acceptors (Lipinski definition) is 2. The zero-order valence-corrected chi connectivity index (χ0v) is 12.8. The van der Waals surface area contributed by atoms with E-state index < -0.39 is 11.7 Å². The first-order valence-corrected chi connectivity index (χ1v) is 7.52. The molecule has 0 heterocycles. The molecule has 1 saturated carbocycles. The summed E-state index contributed by atoms with van der Waals surface area (Å²) in [5.41, 5.74) is -0.0689. The molecule has 0 spiro atoms. The zero-order valence-electron chi connectivity index (χ0n) is 12.0. The van der Waals surface area contributed by atoms with Gasteiger partial charge in [-0.25, -0.2) is 4.39 Å². The predicted molar refractivity (Wildman–Crippen MR) is 78.5 cm³/mol. The maximum absolute atomic E-state index is 13.8. The molecule has 4 heteroatoms. The lowest BCUT2D eigenvalue weighted by molar-refractivity contribution is -0.131. The molecule has 2 rings (SSSR count). The summed E-state index contributed by atoms with van der Waals surface area (Å²) in [4.78, 5) is 0. The van der Waals surface area contributed by atoms with Crippen LogP contribution in [0, 0.1) is 11.7 Å². The fourth-order valence-corrected chi connectivity index (χ4v) is 3.41. The highest BCUT2D eigenvalue weighted by molar-refractivity contribution is 6.30. The molecule has 0 saturated heterocycles. The molecule has 0 aliphatic heterocycles. The van der Waals surface area contributed by atoms with E-state index in [0.29, 0.717) is 16.5 Å². The number of hydrogen-bond donors (Lipinski definition) is 1. The number of benzene rings is 1. The van der Waals surface area contributed by atoms with Crippen LogP contribution in [0.1, 0.15) is 38.2 Å². The standard InChI is InChI=1S/C16H22ClFO2/c1-11-4-3-7-16(10-11,20-2)15(19)8-12-5-6-13(17)9-14(12)18/h5-6,9,11,15,19H,3-4,7-8,10H2,1-2H3. The Labute approximate surface area is 124 Å². The van der Waals surface area contributed by atoms with E-state index in [4.69, 9.17) is 16.3 Å². The van der Waals surface area contributed by atoms with Crippen molar-refractivity contribution in [1.29, 1.82) is 0 Å². The summed E-state index contributed by atoms with van der Waals surface area (Å²) in [6.07, 6.45) is 3.39. The van der Waals surface area contributed by atoms with Gasteiger partial charge in [0.2, 0.25) is 0 Å². The van der Waals surface area contributed by atoms with Gasteiger partial charge in [0.25, 0.3) is 0 Å². The van der Waals surface area contributed by atoms with Crippen molar-refractivity contribution in [2.75, 3.05) is 7.11 Å². The van der Waals surface area contributed by atoms with Gasteiger partial charge in [0.05, 0.1) is 11.7 Å². The van der Waals surface area contributed by atoms with E-state index >= 15 is 0 Å². The minimum Gasteiger partial charge on any atom is -0.390 e. The van der Waals surface area contributed by atoms with Crippen molar-refractivity contribution in [2.24, 2.45) is 5.92 Å². The average molecular weight is 301 g/mol. The number of ether oxygens (including phenoxy) is 1. The van der Waals surface area contributed by atoms with Crippen molar-refractivity contribution in [3.8, 4) is 0 Å². The SMILES string of the molecule is COC1(C(O)Cc2ccc(Cl)cc2F)CCCC(C)C1. The first-order chi connectivity index (χ1) is 9.47. The molecule has 0 radical (unpaired) electrons. The lowest BCUT2D eigenvalue weighted by atomic mass is 9.74. The molecule has 20 heavy (non-hydrogen) atoms. The summed E-state index contributed by atoms with van der Waals surface area (Å²) in [5.74, 6) is 0.153. The third kappa shape index (κ3) is 3.33. The molecule has 1 aliphatic carbocycles. The largest absolute Gasteiger partial charge is 0.390 e. The molecule has 1 aromatic carbocycles. The van der Waals surface area contributed by atoms with Gasteiger partial charge < -0.3 is 9.84 Å². The molecule has 0 bridgehead atoms. The highest BCUT2D eigenvalue weighted by atomic mass is 35.5. The number of rotatable bonds is 4. The van der Waals surface area contributed by atoms with Crippen LogP contribution in [0.25, 0.3) is 0 Å². The van der Waals surface area contributed by atoms with Crippen LogP contribution >= 0.6 is 11.6 Å². The van der Waals surface area contributed by atoms with Gasteiger partial charge in [-0.05, 0) is 36.5 Å². The van der Waals surface area contributed by atoms with Crippen molar-refractivity contribution in [2.45, 2.75) is 50.7 Å². The summed E-state index contributed by atoms with van der Waals surface area (Å²) in [6, 6.07) is 4.57. The van der Waals surface area contributed by atoms with Gasteiger partial charge in [-0.3, -0.25) is 0 Å². The average Bonchev–Trinajstić information content (AvgIpc) is 2.41. The summed E-state index contributed by atoms with van der Waals surface area (Å²) in [6.45, 7) is 2.17. The van der Waals surface area contributed by atoms with Crippen LogP contribution in [0.3, 0.4) is 0 Å². The molecule has 1 aromatic rings. The Morgan fingerprint density at radius 2 is 2.30 bits per heavy atom. The van der Waals surface area contributed by atoms with Gasteiger partial charge in [-0.15, -0.1) is 0 Å². The van der Waals surface area contributed by atoms with Crippen LogP contribution in [0.2, 0.25) is 5.02 Å². The molecule has 1 N–H and O–H groups in total. The number of halogens is 2. The van der Waals surface area contributed by atoms with E-state index in [1.54, 1.807) is 19.2 Å². The van der Waals surface area contributed by atoms with Gasteiger partial charge in [-0.1, -0.05) is 37.4 Å². The molecule has 3 unspecified atom stereocenters. The maximum Gasteiger partial charge on any atom is 0.127 e. The molecule has 0 amide bonds. The highest BCUT2D eigenvalue weighted by Gasteiger charge is 2.41. The van der Waals surface area contributed by atoms with E-state index in [9.17, 15) is 9.50 Å². The fourth-order valence-electron chi connectivity index (χ4n) is 3.25. The second-order valence-corrected chi connectivity index (χ2v) is 6.36. The zero-order chi connectivity index (χ0) is 14.8. The molecule has 112 valence electrons. The smallest absolute Gasteiger partial charge is 0.127 e. The molecule has 0 aromatic heterocycles. The van der Waals surface area contributed by atoms with Crippen molar-refractivity contribution in [3.63, 3.8) is 0 Å². The first-order valence-electron chi connectivity index (χ1n) is 7.14. The Bertz CT molecular complexity index is 466. The highest BCUT2D eigenvalue weighted by Crippen LogP contribution is 2.38. The van der Waals surface area contributed by atoms with Crippen LogP contribution in [0.15, 0.2) is 18.2 Å². The summed E-state index contributed by atoms with van der Waals surface area (Å²) in [5, 5.41) is 10.9. The lowest BCUT2D eigenvalue weighted by Crippen LogP contribution is -2.48. The van der Waals surface area contributed by atoms with Crippen LogP contribution in [-0.4, -0.2) is 23.9 Å². The van der Waals surface area contributed by atoms with Crippen LogP contribution in [-0.2, 0) is 11.2 Å². The predicted octanol–water partition coefficient (Wildman–Crippen LogP) is 3.98. The number of methoxy groups -OCH3 is 1. The molecular weight excluding hydrogens is 279 g/mol. The second kappa shape index (κ2) is 6.42. The quantitative estimate of drug-likeness (QED) is 0.911. The third-order valence-electron chi connectivity index (χ3n) is 4.43. The summed E-state index contributed by atoms with van der Waals surface area (Å²) in [7, 11) is 1.64. The second-order valence-electron chi connectivity index (χ2n) is 5.93. The van der Waals surface area contributed by atoms with Crippen LogP contribution in [0.5, 0.6) is 0 Å². The first kappa shape index (κ1) is 15.7. The summed E-state index contributed by atoms with van der Waals surface area (Å²) >= 11 is 5.75. The molecule has 1 aliphatic rings. The van der Waals surface area contributed by atoms with Gasteiger partial charge >= 0.3 is 0 Å². The fraction of sp³-hybridized carbons (Fsp3) is 0.625. The van der Waals surface area contributed by atoms with E-state index in [0.717, 1.165) is 25.7 Å². The van der Waals surface area contributed by atoms with E-state index in [1.807, 2.05) is 0 Å². The minimum absolute atomic E-state index is 0.254. The van der Waals surface area contributed by atoms with Gasteiger partial charge in [0.15, 0.2) is 0 Å². The van der Waals surface area contributed by atoms with Crippen molar-refractivity contribution >= 4 is 11.6 Å². The Hall–Kier alpha value is -0.640. The minimum atomic E-state index is -0.703. The normalized spacial score (nSPS) is 28.4. The monoisotopic (exact) mass is 300 g/mol. The van der Waals surface area contributed by atoms with Gasteiger partial charge in [0.1, 0.15) is 5.82 Å². The Morgan fingerprint density at radius 1 is 1.55 bits per heavy atom. The molecule has 3 atom stereocenters. The lowest BCUT2D eigenvalue weighted by Gasteiger charge is -2.42. The molecular formula is C16H22ClFO2. The third-order valence-corrected chi connectivity index (χ3v) is 4.67. The topological polar surface area (TPSA) is 29.5 Å². The Morgan fingerprint density at radius 3 is 2.90 bits per heavy atom. The van der Waals surface area contributed by atoms with E-state index in [-0.39, 0.29) is 12.2 Å². The van der Waals surface area contributed by atoms with E-state index in [2.05, 4.69) is 6.92 Å². The Kier molecular flexibility index (Phi) is 5.05. The Balaban J connectivity index is 2.14. The molecule has 1 fully saturated rings. The maximum atomic E-state index is 13.8. The number of aliphatic hydroxyl groups is 1. The summed E-state index contributed by atoms with van der Waals surface area (Å²) < 4.78 is 19.5. The van der Waals surface area contributed by atoms with Crippen molar-refractivity contribution < 1.29 is 14.2 Å². The van der Waals surface area contributed by atoms with Crippen LogP contribution < -0.4 is 0 Å². The van der Waals surface area contributed by atoms with Crippen molar-refractivity contribution in [3.05, 3.63) is 34.6 Å².